The quantitative estimate of drug-likeness (QED) is 0.693. The topological polar surface area (TPSA) is 64.4 Å². The molecule has 0 spiro atoms. The fourth-order valence-electron chi connectivity index (χ4n) is 2.59. The van der Waals surface area contributed by atoms with Crippen molar-refractivity contribution in [3.8, 4) is 0 Å². The monoisotopic (exact) mass is 284 g/mol. The molecule has 0 bridgehead atoms. The zero-order valence-corrected chi connectivity index (χ0v) is 11.6. The zero-order valence-electron chi connectivity index (χ0n) is 11.6. The van der Waals surface area contributed by atoms with Gasteiger partial charge in [0, 0.05) is 18.2 Å². The van der Waals surface area contributed by atoms with Crippen LogP contribution in [-0.4, -0.2) is 11.0 Å². The van der Waals surface area contributed by atoms with E-state index in [1.807, 2.05) is 30.3 Å². The van der Waals surface area contributed by atoms with Crippen molar-refractivity contribution in [2.45, 2.75) is 25.3 Å². The molecule has 0 aliphatic carbocycles. The lowest BCUT2D eigenvalue weighted by molar-refractivity contribution is -0.384. The normalized spacial score (nSPS) is 24.9. The van der Waals surface area contributed by atoms with Crippen LogP contribution in [0.25, 0.3) is 0 Å². The Morgan fingerprint density at radius 3 is 2.33 bits per heavy atom. The molecular formula is C16H16N2O3. The Hall–Kier alpha value is -2.24. The summed E-state index contributed by atoms with van der Waals surface area (Å²) in [5, 5.41) is 14.1. The third-order valence-electron chi connectivity index (χ3n) is 3.69. The highest BCUT2D eigenvalue weighted by Crippen LogP contribution is 2.35. The molecule has 1 saturated heterocycles. The van der Waals surface area contributed by atoms with Gasteiger partial charge in [-0.3, -0.25) is 15.4 Å². The molecule has 2 aromatic carbocycles. The summed E-state index contributed by atoms with van der Waals surface area (Å²) in [6.07, 6.45) is -0.266. The van der Waals surface area contributed by atoms with Gasteiger partial charge < -0.3 is 4.74 Å². The van der Waals surface area contributed by atoms with Crippen LogP contribution in [0, 0.1) is 10.1 Å². The smallest absolute Gasteiger partial charge is 0.269 e. The standard InChI is InChI=1S/C16H16N2O3/c1-11-15(12-5-3-2-4-6-12)21-16(17-11)13-7-9-14(10-8-13)18(19)20/h2-11,15-17H,1H3/t11-,15+,16+/m1/s1. The summed E-state index contributed by atoms with van der Waals surface area (Å²) in [6.45, 7) is 2.07. The average molecular weight is 284 g/mol. The van der Waals surface area contributed by atoms with Gasteiger partial charge in [0.15, 0.2) is 0 Å². The summed E-state index contributed by atoms with van der Waals surface area (Å²) in [5.74, 6) is 0. The van der Waals surface area contributed by atoms with Gasteiger partial charge in [0.05, 0.1) is 4.92 Å². The van der Waals surface area contributed by atoms with Crippen LogP contribution in [0.5, 0.6) is 0 Å². The molecule has 0 amide bonds. The maximum absolute atomic E-state index is 10.7. The highest BCUT2D eigenvalue weighted by atomic mass is 16.6. The Bertz CT molecular complexity index is 628. The second kappa shape index (κ2) is 5.63. The molecule has 1 aliphatic rings. The highest BCUT2D eigenvalue weighted by Gasteiger charge is 2.33. The molecule has 0 radical (unpaired) electrons. The SMILES string of the molecule is C[C@H]1N[C@H](c2ccc([N+](=O)[O-])cc2)O[C@@H]1c1ccccc1. The van der Waals surface area contributed by atoms with E-state index in [-0.39, 0.29) is 24.1 Å². The molecule has 2 aromatic rings. The number of nitrogens with zero attached hydrogens (tertiary/aromatic N) is 1. The van der Waals surface area contributed by atoms with E-state index in [1.54, 1.807) is 12.1 Å². The minimum atomic E-state index is -0.401. The van der Waals surface area contributed by atoms with Crippen molar-refractivity contribution in [3.63, 3.8) is 0 Å². The van der Waals surface area contributed by atoms with Crippen molar-refractivity contribution < 1.29 is 9.66 Å². The number of nitrogens with one attached hydrogen (secondary N) is 1. The van der Waals surface area contributed by atoms with E-state index in [1.165, 1.54) is 12.1 Å². The summed E-state index contributed by atoms with van der Waals surface area (Å²) >= 11 is 0. The summed E-state index contributed by atoms with van der Waals surface area (Å²) in [5.41, 5.74) is 2.11. The maximum Gasteiger partial charge on any atom is 0.269 e. The lowest BCUT2D eigenvalue weighted by Gasteiger charge is -2.14. The van der Waals surface area contributed by atoms with Crippen molar-refractivity contribution >= 4 is 5.69 Å². The Morgan fingerprint density at radius 1 is 1.05 bits per heavy atom. The van der Waals surface area contributed by atoms with Crippen LogP contribution in [0.15, 0.2) is 54.6 Å². The second-order valence-corrected chi connectivity index (χ2v) is 5.15. The number of benzene rings is 2. The van der Waals surface area contributed by atoms with Gasteiger partial charge in [-0.05, 0) is 30.2 Å². The Balaban J connectivity index is 1.78. The number of rotatable bonds is 3. The van der Waals surface area contributed by atoms with Gasteiger partial charge in [0.25, 0.3) is 5.69 Å². The molecule has 0 saturated carbocycles. The predicted molar refractivity (Wildman–Crippen MR) is 78.7 cm³/mol. The van der Waals surface area contributed by atoms with Gasteiger partial charge in [-0.2, -0.15) is 0 Å². The lowest BCUT2D eigenvalue weighted by atomic mass is 10.0. The first-order valence-electron chi connectivity index (χ1n) is 6.86. The van der Waals surface area contributed by atoms with Gasteiger partial charge in [0.2, 0.25) is 0 Å². The minimum absolute atomic E-state index is 0.0219. The Morgan fingerprint density at radius 2 is 1.71 bits per heavy atom. The van der Waals surface area contributed by atoms with E-state index < -0.39 is 4.92 Å². The first-order valence-corrected chi connectivity index (χ1v) is 6.86. The van der Waals surface area contributed by atoms with Crippen molar-refractivity contribution in [2.75, 3.05) is 0 Å². The highest BCUT2D eigenvalue weighted by molar-refractivity contribution is 5.34. The molecule has 5 heteroatoms. The largest absolute Gasteiger partial charge is 0.350 e. The molecule has 1 heterocycles. The van der Waals surface area contributed by atoms with Gasteiger partial charge in [-0.1, -0.05) is 30.3 Å². The van der Waals surface area contributed by atoms with Crippen LogP contribution in [0.4, 0.5) is 5.69 Å². The van der Waals surface area contributed by atoms with E-state index in [4.69, 9.17) is 4.74 Å². The zero-order chi connectivity index (χ0) is 14.8. The van der Waals surface area contributed by atoms with Crippen LogP contribution in [0.3, 0.4) is 0 Å². The van der Waals surface area contributed by atoms with Gasteiger partial charge in [0.1, 0.15) is 12.3 Å². The first kappa shape index (κ1) is 13.7. The van der Waals surface area contributed by atoms with E-state index in [0.29, 0.717) is 0 Å². The third-order valence-corrected chi connectivity index (χ3v) is 3.69. The van der Waals surface area contributed by atoms with E-state index in [2.05, 4.69) is 12.2 Å². The van der Waals surface area contributed by atoms with Crippen molar-refractivity contribution in [3.05, 3.63) is 75.8 Å². The molecule has 0 unspecified atom stereocenters. The van der Waals surface area contributed by atoms with E-state index in [0.717, 1.165) is 11.1 Å². The van der Waals surface area contributed by atoms with Crippen LogP contribution in [0.1, 0.15) is 30.4 Å². The van der Waals surface area contributed by atoms with Crippen molar-refractivity contribution in [2.24, 2.45) is 0 Å². The molecule has 1 aliphatic heterocycles. The average Bonchev–Trinajstić information content (AvgIpc) is 2.90. The van der Waals surface area contributed by atoms with Crippen molar-refractivity contribution in [1.82, 2.24) is 5.32 Å². The van der Waals surface area contributed by atoms with Gasteiger partial charge in [-0.25, -0.2) is 0 Å². The number of non-ortho nitro benzene ring substituents is 1. The Labute approximate surface area is 122 Å². The van der Waals surface area contributed by atoms with Gasteiger partial charge in [-0.15, -0.1) is 0 Å². The van der Waals surface area contributed by atoms with Crippen LogP contribution >= 0.6 is 0 Å². The Kier molecular flexibility index (Phi) is 3.68. The number of ether oxygens (including phenoxy) is 1. The second-order valence-electron chi connectivity index (χ2n) is 5.15. The number of hydrogen-bond acceptors (Lipinski definition) is 4. The molecule has 1 fully saturated rings. The van der Waals surface area contributed by atoms with E-state index >= 15 is 0 Å². The molecule has 0 aromatic heterocycles. The predicted octanol–water partition coefficient (Wildman–Crippen LogP) is 3.34. The summed E-state index contributed by atoms with van der Waals surface area (Å²) in [4.78, 5) is 10.3. The van der Waals surface area contributed by atoms with Crippen LogP contribution < -0.4 is 5.32 Å². The molecule has 1 N–H and O–H groups in total. The molecular weight excluding hydrogens is 268 g/mol. The molecule has 108 valence electrons. The van der Waals surface area contributed by atoms with Gasteiger partial charge >= 0.3 is 0 Å². The summed E-state index contributed by atoms with van der Waals surface area (Å²) < 4.78 is 6.07. The third kappa shape index (κ3) is 2.79. The number of hydrogen-bond donors (Lipinski definition) is 1. The number of nitro benzene ring substituents is 1. The molecule has 21 heavy (non-hydrogen) atoms. The summed E-state index contributed by atoms with van der Waals surface area (Å²) in [7, 11) is 0. The minimum Gasteiger partial charge on any atom is -0.350 e. The fourth-order valence-corrected chi connectivity index (χ4v) is 2.59. The lowest BCUT2D eigenvalue weighted by Crippen LogP contribution is -2.23. The molecule has 5 nitrogen and oxygen atoms in total. The summed E-state index contributed by atoms with van der Waals surface area (Å²) in [6, 6.07) is 16.7. The van der Waals surface area contributed by atoms with Crippen LogP contribution in [0.2, 0.25) is 0 Å². The first-order chi connectivity index (χ1) is 10.1. The van der Waals surface area contributed by atoms with Crippen LogP contribution in [-0.2, 0) is 4.74 Å². The fraction of sp³-hybridized carbons (Fsp3) is 0.250. The number of nitro groups is 1. The van der Waals surface area contributed by atoms with Crippen molar-refractivity contribution in [1.29, 1.82) is 0 Å². The molecule has 3 atom stereocenters. The maximum atomic E-state index is 10.7. The molecule has 3 rings (SSSR count). The van der Waals surface area contributed by atoms with E-state index in [9.17, 15) is 10.1 Å².